The highest BCUT2D eigenvalue weighted by molar-refractivity contribution is 7.09. The highest BCUT2D eigenvalue weighted by Gasteiger charge is 2.10. The largest absolute Gasteiger partial charge is 0.487 e. The van der Waals surface area contributed by atoms with Crippen LogP contribution < -0.4 is 10.5 Å². The average Bonchev–Trinajstić information content (AvgIpc) is 2.86. The summed E-state index contributed by atoms with van der Waals surface area (Å²) in [6.45, 7) is 6.73. The maximum absolute atomic E-state index is 6.05. The van der Waals surface area contributed by atoms with Crippen LogP contribution in [0, 0.1) is 0 Å². The Hall–Kier alpha value is -1.10. The lowest BCUT2D eigenvalue weighted by Gasteiger charge is -2.13. The number of ether oxygens (including phenoxy) is 1. The predicted octanol–water partition coefficient (Wildman–Crippen LogP) is 4.39. The zero-order valence-electron chi connectivity index (χ0n) is 12.6. The zero-order valence-corrected chi connectivity index (χ0v) is 14.2. The zero-order chi connectivity index (χ0) is 15.4. The summed E-state index contributed by atoms with van der Waals surface area (Å²) in [7, 11) is 0. The van der Waals surface area contributed by atoms with Crippen molar-refractivity contribution in [1.82, 2.24) is 4.98 Å². The highest BCUT2D eigenvalue weighted by atomic mass is 35.5. The molecule has 0 aliphatic heterocycles. The predicted molar refractivity (Wildman–Crippen MR) is 89.3 cm³/mol. The summed E-state index contributed by atoms with van der Waals surface area (Å²) in [5.41, 5.74) is 7.88. The number of nitrogens with two attached hydrogens (primary N) is 1. The van der Waals surface area contributed by atoms with Crippen LogP contribution >= 0.6 is 22.9 Å². The Bertz CT molecular complexity index is 596. The van der Waals surface area contributed by atoms with Crippen LogP contribution in [0.3, 0.4) is 0 Å². The summed E-state index contributed by atoms with van der Waals surface area (Å²) >= 11 is 7.73. The highest BCUT2D eigenvalue weighted by Crippen LogP contribution is 2.26. The van der Waals surface area contributed by atoms with Gasteiger partial charge in [-0.3, -0.25) is 0 Å². The Kier molecular flexibility index (Phi) is 5.62. The van der Waals surface area contributed by atoms with Crippen LogP contribution in [-0.4, -0.2) is 11.0 Å². The summed E-state index contributed by atoms with van der Waals surface area (Å²) in [6.07, 6.45) is 0.740. The molecule has 0 amide bonds. The third-order valence-electron chi connectivity index (χ3n) is 3.00. The number of thiazole rings is 1. The molecule has 0 saturated carbocycles. The molecule has 0 spiro atoms. The molecule has 114 valence electrons. The minimum absolute atomic E-state index is 0.0673. The molecule has 1 atom stereocenters. The van der Waals surface area contributed by atoms with E-state index in [2.05, 4.69) is 24.2 Å². The normalized spacial score (nSPS) is 12.7. The minimum Gasteiger partial charge on any atom is -0.487 e. The molecule has 0 saturated heterocycles. The lowest BCUT2D eigenvalue weighted by Crippen LogP contribution is -2.18. The molecular weight excluding hydrogens is 304 g/mol. The van der Waals surface area contributed by atoms with Crippen molar-refractivity contribution in [2.45, 2.75) is 45.8 Å². The van der Waals surface area contributed by atoms with Crippen molar-refractivity contribution in [3.8, 4) is 5.75 Å². The summed E-state index contributed by atoms with van der Waals surface area (Å²) < 4.78 is 5.90. The number of nitrogens with zero attached hydrogens (tertiary/aromatic N) is 1. The minimum atomic E-state index is 0.0673. The monoisotopic (exact) mass is 324 g/mol. The second-order valence-electron chi connectivity index (χ2n) is 5.55. The van der Waals surface area contributed by atoms with E-state index in [-0.39, 0.29) is 6.04 Å². The molecule has 21 heavy (non-hydrogen) atoms. The van der Waals surface area contributed by atoms with E-state index in [1.165, 1.54) is 0 Å². The molecule has 0 radical (unpaired) electrons. The fraction of sp³-hybridized carbons (Fsp3) is 0.438. The molecule has 1 unspecified atom stereocenters. The first kappa shape index (κ1) is 16.3. The Labute approximate surface area is 135 Å². The Morgan fingerprint density at radius 3 is 2.71 bits per heavy atom. The van der Waals surface area contributed by atoms with Gasteiger partial charge in [0.1, 0.15) is 12.4 Å². The van der Waals surface area contributed by atoms with Crippen molar-refractivity contribution in [2.75, 3.05) is 0 Å². The van der Waals surface area contributed by atoms with Gasteiger partial charge in [0.15, 0.2) is 0 Å². The third-order valence-corrected chi connectivity index (χ3v) is 4.43. The molecule has 5 heteroatoms. The first-order chi connectivity index (χ1) is 9.95. The molecule has 3 nitrogen and oxygen atoms in total. The molecule has 1 aromatic carbocycles. The topological polar surface area (TPSA) is 48.1 Å². The SMILES string of the molecule is CC(N)Cc1cc(Cl)ccc1OCc1csc(C(C)C)n1. The van der Waals surface area contributed by atoms with Gasteiger partial charge in [0, 0.05) is 22.4 Å². The Morgan fingerprint density at radius 2 is 2.10 bits per heavy atom. The van der Waals surface area contributed by atoms with Crippen LogP contribution in [0.5, 0.6) is 5.75 Å². The maximum Gasteiger partial charge on any atom is 0.131 e. The Balaban J connectivity index is 2.08. The molecule has 2 aromatic rings. The molecule has 2 N–H and O–H groups in total. The van der Waals surface area contributed by atoms with Gasteiger partial charge in [-0.2, -0.15) is 0 Å². The van der Waals surface area contributed by atoms with Gasteiger partial charge in [-0.25, -0.2) is 4.98 Å². The number of rotatable bonds is 6. The van der Waals surface area contributed by atoms with Crippen LogP contribution in [-0.2, 0) is 13.0 Å². The summed E-state index contributed by atoms with van der Waals surface area (Å²) in [6, 6.07) is 5.72. The van der Waals surface area contributed by atoms with Crippen LogP contribution in [0.4, 0.5) is 0 Å². The molecular formula is C16H21ClN2OS. The standard InChI is InChI=1S/C16H21ClN2OS/c1-10(2)16-19-14(9-21-16)8-20-15-5-4-13(17)7-12(15)6-11(3)18/h4-5,7,9-11H,6,8,18H2,1-3H3. The van der Waals surface area contributed by atoms with Crippen molar-refractivity contribution in [2.24, 2.45) is 5.73 Å². The first-order valence-electron chi connectivity index (χ1n) is 7.06. The molecule has 0 fully saturated rings. The van der Waals surface area contributed by atoms with Gasteiger partial charge in [0.2, 0.25) is 0 Å². The lowest BCUT2D eigenvalue weighted by molar-refractivity contribution is 0.298. The fourth-order valence-corrected chi connectivity index (χ4v) is 3.02. The van der Waals surface area contributed by atoms with Gasteiger partial charge in [-0.1, -0.05) is 25.4 Å². The second kappa shape index (κ2) is 7.25. The van der Waals surface area contributed by atoms with Gasteiger partial charge < -0.3 is 10.5 Å². The van der Waals surface area contributed by atoms with Crippen molar-refractivity contribution < 1.29 is 4.74 Å². The summed E-state index contributed by atoms with van der Waals surface area (Å²) in [4.78, 5) is 4.58. The van der Waals surface area contributed by atoms with Crippen LogP contribution in [0.25, 0.3) is 0 Å². The van der Waals surface area contributed by atoms with Crippen molar-refractivity contribution >= 4 is 22.9 Å². The van der Waals surface area contributed by atoms with Gasteiger partial charge in [-0.05, 0) is 37.1 Å². The molecule has 1 aromatic heterocycles. The van der Waals surface area contributed by atoms with Gasteiger partial charge >= 0.3 is 0 Å². The van der Waals surface area contributed by atoms with E-state index in [9.17, 15) is 0 Å². The summed E-state index contributed by atoms with van der Waals surface area (Å²) in [5, 5.41) is 3.89. The van der Waals surface area contributed by atoms with E-state index in [0.717, 1.165) is 28.4 Å². The van der Waals surface area contributed by atoms with E-state index in [1.807, 2.05) is 25.1 Å². The molecule has 1 heterocycles. The van der Waals surface area contributed by atoms with Crippen molar-refractivity contribution in [3.63, 3.8) is 0 Å². The average molecular weight is 325 g/mol. The summed E-state index contributed by atoms with van der Waals surface area (Å²) in [5.74, 6) is 1.28. The second-order valence-corrected chi connectivity index (χ2v) is 6.88. The smallest absolute Gasteiger partial charge is 0.131 e. The maximum atomic E-state index is 6.05. The van der Waals surface area contributed by atoms with E-state index in [0.29, 0.717) is 17.5 Å². The molecule has 2 rings (SSSR count). The van der Waals surface area contributed by atoms with E-state index in [1.54, 1.807) is 11.3 Å². The van der Waals surface area contributed by atoms with E-state index in [4.69, 9.17) is 22.1 Å². The Morgan fingerprint density at radius 1 is 1.33 bits per heavy atom. The van der Waals surface area contributed by atoms with Crippen LogP contribution in [0.2, 0.25) is 5.02 Å². The van der Waals surface area contributed by atoms with Gasteiger partial charge in [0.05, 0.1) is 10.7 Å². The van der Waals surface area contributed by atoms with Gasteiger partial charge in [0.25, 0.3) is 0 Å². The number of halogens is 1. The van der Waals surface area contributed by atoms with Crippen molar-refractivity contribution in [1.29, 1.82) is 0 Å². The molecule has 0 aliphatic rings. The van der Waals surface area contributed by atoms with Gasteiger partial charge in [-0.15, -0.1) is 11.3 Å². The number of benzene rings is 1. The van der Waals surface area contributed by atoms with E-state index < -0.39 is 0 Å². The van der Waals surface area contributed by atoms with Crippen molar-refractivity contribution in [3.05, 3.63) is 44.9 Å². The third kappa shape index (κ3) is 4.70. The molecule has 0 bridgehead atoms. The number of hydrogen-bond donors (Lipinski definition) is 1. The number of hydrogen-bond acceptors (Lipinski definition) is 4. The lowest BCUT2D eigenvalue weighted by atomic mass is 10.1. The fourth-order valence-electron chi connectivity index (χ4n) is 2.00. The van der Waals surface area contributed by atoms with E-state index >= 15 is 0 Å². The first-order valence-corrected chi connectivity index (χ1v) is 8.32. The number of aromatic nitrogens is 1. The van der Waals surface area contributed by atoms with Crippen LogP contribution in [0.15, 0.2) is 23.6 Å². The molecule has 0 aliphatic carbocycles. The quantitative estimate of drug-likeness (QED) is 0.857. The van der Waals surface area contributed by atoms with Crippen LogP contribution in [0.1, 0.15) is 43.0 Å².